The predicted octanol–water partition coefficient (Wildman–Crippen LogP) is 1.89. The van der Waals surface area contributed by atoms with Crippen LogP contribution < -0.4 is 15.8 Å². The zero-order valence-electron chi connectivity index (χ0n) is 16.0. The maximum Gasteiger partial charge on any atom is 0.256 e. The Morgan fingerprint density at radius 2 is 2.03 bits per heavy atom. The van der Waals surface area contributed by atoms with Crippen LogP contribution in [-0.2, 0) is 20.7 Å². The lowest BCUT2D eigenvalue weighted by molar-refractivity contribution is -0.130. The van der Waals surface area contributed by atoms with E-state index in [0.29, 0.717) is 0 Å². The fraction of sp³-hybridized carbons (Fsp3) is 0.333. The van der Waals surface area contributed by atoms with E-state index in [9.17, 15) is 23.6 Å². The van der Waals surface area contributed by atoms with Crippen LogP contribution in [0, 0.1) is 5.82 Å². The number of hydrogen-bond donors (Lipinski definition) is 3. The third-order valence-corrected chi connectivity index (χ3v) is 6.36. The van der Waals surface area contributed by atoms with E-state index in [1.54, 1.807) is 0 Å². The van der Waals surface area contributed by atoms with Crippen molar-refractivity contribution in [3.05, 3.63) is 35.6 Å². The van der Waals surface area contributed by atoms with E-state index < -0.39 is 34.4 Å². The highest BCUT2D eigenvalue weighted by Crippen LogP contribution is 2.38. The van der Waals surface area contributed by atoms with Gasteiger partial charge in [0.05, 0.1) is 12.2 Å². The second-order valence-electron chi connectivity index (χ2n) is 6.39. The number of ether oxygens (including phenoxy) is 2. The molecule has 0 bridgehead atoms. The Hall–Kier alpha value is -2.18. The van der Waals surface area contributed by atoms with Crippen molar-refractivity contribution in [3.8, 4) is 5.75 Å². The molecule has 0 radical (unpaired) electrons. The molecule has 0 saturated heterocycles. The highest BCUT2D eigenvalue weighted by molar-refractivity contribution is 7.93. The third-order valence-electron chi connectivity index (χ3n) is 3.59. The minimum Gasteiger partial charge on any atom is -0.606 e. The van der Waals surface area contributed by atoms with Crippen molar-refractivity contribution in [2.24, 2.45) is 5.73 Å². The summed E-state index contributed by atoms with van der Waals surface area (Å²) in [5, 5.41) is 12.3. The minimum absolute atomic E-state index is 0.0527. The second kappa shape index (κ2) is 9.55. The molecule has 0 saturated carbocycles. The van der Waals surface area contributed by atoms with Gasteiger partial charge in [0.2, 0.25) is 9.10 Å². The molecule has 8 nitrogen and oxygen atoms in total. The Labute approximate surface area is 174 Å². The Morgan fingerprint density at radius 3 is 2.62 bits per heavy atom. The number of aliphatic hydroxyl groups is 1. The Kier molecular flexibility index (Phi) is 7.60. The maximum atomic E-state index is 13.6. The number of nitrogens with one attached hydrogen (secondary N) is 1. The smallest absolute Gasteiger partial charge is 0.256 e. The summed E-state index contributed by atoms with van der Waals surface area (Å²) in [5.41, 5.74) is 3.60. The molecule has 2 rings (SSSR count). The fourth-order valence-electron chi connectivity index (χ4n) is 2.08. The third kappa shape index (κ3) is 5.90. The van der Waals surface area contributed by atoms with Gasteiger partial charge >= 0.3 is 0 Å². The van der Waals surface area contributed by atoms with Crippen LogP contribution in [0.15, 0.2) is 33.4 Å². The van der Waals surface area contributed by atoms with Crippen molar-refractivity contribution < 1.29 is 33.1 Å². The summed E-state index contributed by atoms with van der Waals surface area (Å²) in [4.78, 5) is 24.0. The van der Waals surface area contributed by atoms with Gasteiger partial charge in [-0.3, -0.25) is 9.59 Å². The van der Waals surface area contributed by atoms with Crippen LogP contribution >= 0.6 is 11.3 Å². The molecule has 0 fully saturated rings. The lowest BCUT2D eigenvalue weighted by atomic mass is 10.1. The summed E-state index contributed by atoms with van der Waals surface area (Å²) in [5.74, 6) is -2.10. The number of thiophene rings is 1. The van der Waals surface area contributed by atoms with Gasteiger partial charge in [0.15, 0.2) is 5.75 Å². The molecule has 0 aliphatic rings. The standard InChI is InChI=1S/C18H21FN2O6S2/c1-18(2,24)17(23)21-16-11(15(20)22)9-14(28-16)29(25)13-5-4-10(19)8-12(13)27-7-6-26-3/h4-5,8-9,24H,6-7H2,1-3H3,(H2,20,22)(H,21,23). The van der Waals surface area contributed by atoms with E-state index in [0.717, 1.165) is 23.5 Å². The molecule has 1 aromatic heterocycles. The average molecular weight is 445 g/mol. The Morgan fingerprint density at radius 1 is 1.34 bits per heavy atom. The van der Waals surface area contributed by atoms with E-state index in [2.05, 4.69) is 5.32 Å². The Bertz CT molecular complexity index is 897. The number of methoxy groups -OCH3 is 1. The number of benzene rings is 1. The molecule has 4 N–H and O–H groups in total. The van der Waals surface area contributed by atoms with Gasteiger partial charge in [0.25, 0.3) is 11.8 Å². The van der Waals surface area contributed by atoms with E-state index in [4.69, 9.17) is 15.2 Å². The topological polar surface area (TPSA) is 134 Å². The summed E-state index contributed by atoms with van der Waals surface area (Å²) < 4.78 is 37.2. The molecule has 2 aromatic rings. The molecule has 158 valence electrons. The number of hydrogen-bond acceptors (Lipinski definition) is 7. The molecule has 0 spiro atoms. The second-order valence-corrected chi connectivity index (χ2v) is 9.11. The highest BCUT2D eigenvalue weighted by atomic mass is 32.2. The van der Waals surface area contributed by atoms with Gasteiger partial charge in [0.1, 0.15) is 23.0 Å². The van der Waals surface area contributed by atoms with E-state index in [1.807, 2.05) is 0 Å². The van der Waals surface area contributed by atoms with Gasteiger partial charge in [0, 0.05) is 36.5 Å². The number of rotatable bonds is 9. The van der Waals surface area contributed by atoms with Crippen LogP contribution in [0.4, 0.5) is 9.39 Å². The summed E-state index contributed by atoms with van der Waals surface area (Å²) in [6.07, 6.45) is 0. The molecule has 0 aliphatic carbocycles. The van der Waals surface area contributed by atoms with E-state index in [1.165, 1.54) is 33.1 Å². The Balaban J connectivity index is 2.38. The first kappa shape index (κ1) is 23.1. The normalized spacial score (nSPS) is 12.5. The van der Waals surface area contributed by atoms with Crippen molar-refractivity contribution in [1.82, 2.24) is 0 Å². The molecule has 0 aliphatic heterocycles. The first-order chi connectivity index (χ1) is 13.5. The van der Waals surface area contributed by atoms with Gasteiger partial charge in [-0.25, -0.2) is 4.39 Å². The number of anilines is 1. The quantitative estimate of drug-likeness (QED) is 0.399. The highest BCUT2D eigenvalue weighted by Gasteiger charge is 2.30. The van der Waals surface area contributed by atoms with Gasteiger partial charge in [-0.15, -0.1) is 0 Å². The number of carbonyl (C=O) groups excluding carboxylic acids is 2. The number of primary amides is 1. The fourth-order valence-corrected chi connectivity index (χ4v) is 4.63. The number of halogens is 1. The van der Waals surface area contributed by atoms with Gasteiger partial charge in [-0.05, 0) is 19.9 Å². The maximum absolute atomic E-state index is 13.6. The number of amides is 2. The lowest BCUT2D eigenvalue weighted by Gasteiger charge is -2.16. The van der Waals surface area contributed by atoms with Gasteiger partial charge in [-0.1, -0.05) is 11.3 Å². The summed E-state index contributed by atoms with van der Waals surface area (Å²) >= 11 is -0.991. The van der Waals surface area contributed by atoms with Crippen LogP contribution in [-0.4, -0.2) is 47.4 Å². The SMILES string of the molecule is COCCOc1cc(F)ccc1[S+]([O-])c1cc(C(N)=O)c(NC(=O)C(C)(C)O)s1. The molecular formula is C18H21FN2O6S2. The molecule has 2 amide bonds. The predicted molar refractivity (Wildman–Crippen MR) is 106 cm³/mol. The summed E-state index contributed by atoms with van der Waals surface area (Å²) in [7, 11) is 1.48. The van der Waals surface area contributed by atoms with Crippen molar-refractivity contribution in [1.29, 1.82) is 0 Å². The molecule has 11 heteroatoms. The molecule has 1 aromatic carbocycles. The molecule has 1 unspecified atom stereocenters. The zero-order chi connectivity index (χ0) is 21.8. The van der Waals surface area contributed by atoms with Crippen LogP contribution in [0.1, 0.15) is 24.2 Å². The summed E-state index contributed by atoms with van der Waals surface area (Å²) in [6.45, 7) is 2.93. The average Bonchev–Trinajstić information content (AvgIpc) is 3.05. The molecule has 29 heavy (non-hydrogen) atoms. The summed E-state index contributed by atoms with van der Waals surface area (Å²) in [6, 6.07) is 4.83. The van der Waals surface area contributed by atoms with Crippen LogP contribution in [0.5, 0.6) is 5.75 Å². The zero-order valence-corrected chi connectivity index (χ0v) is 17.6. The first-order valence-electron chi connectivity index (χ1n) is 8.35. The first-order valence-corrected chi connectivity index (χ1v) is 10.3. The monoisotopic (exact) mass is 444 g/mol. The van der Waals surface area contributed by atoms with Crippen molar-refractivity contribution in [2.75, 3.05) is 25.6 Å². The van der Waals surface area contributed by atoms with Crippen LogP contribution in [0.3, 0.4) is 0 Å². The van der Waals surface area contributed by atoms with Gasteiger partial charge in [-0.2, -0.15) is 0 Å². The largest absolute Gasteiger partial charge is 0.606 e. The van der Waals surface area contributed by atoms with Crippen LogP contribution in [0.25, 0.3) is 0 Å². The van der Waals surface area contributed by atoms with Crippen molar-refractivity contribution >= 4 is 39.3 Å². The number of carbonyl (C=O) groups is 2. The lowest BCUT2D eigenvalue weighted by Crippen LogP contribution is -2.36. The molecule has 1 atom stereocenters. The van der Waals surface area contributed by atoms with Gasteiger partial charge < -0.3 is 30.2 Å². The van der Waals surface area contributed by atoms with E-state index in [-0.39, 0.29) is 38.6 Å². The molecular weight excluding hydrogens is 423 g/mol. The van der Waals surface area contributed by atoms with E-state index >= 15 is 0 Å². The number of nitrogens with two attached hydrogens (primary N) is 1. The van der Waals surface area contributed by atoms with Crippen molar-refractivity contribution in [2.45, 2.75) is 28.6 Å². The molecule has 1 heterocycles. The minimum atomic E-state index is -1.85. The van der Waals surface area contributed by atoms with Crippen LogP contribution in [0.2, 0.25) is 0 Å². The van der Waals surface area contributed by atoms with Crippen molar-refractivity contribution in [3.63, 3.8) is 0 Å².